The number of amides is 1. The van der Waals surface area contributed by atoms with Gasteiger partial charge in [0.25, 0.3) is 5.91 Å². The number of hydrogen-bond acceptors (Lipinski definition) is 3. The molecule has 3 nitrogen and oxygen atoms in total. The molecule has 0 saturated carbocycles. The summed E-state index contributed by atoms with van der Waals surface area (Å²) in [5, 5.41) is 0.350. The Hall–Kier alpha value is -1.62. The van der Waals surface area contributed by atoms with Gasteiger partial charge in [0.2, 0.25) is 0 Å². The van der Waals surface area contributed by atoms with Crippen LogP contribution in [0.15, 0.2) is 18.2 Å². The second-order valence-electron chi connectivity index (χ2n) is 6.42. The van der Waals surface area contributed by atoms with E-state index >= 15 is 0 Å². The van der Waals surface area contributed by atoms with E-state index in [-0.39, 0.29) is 28.9 Å². The van der Waals surface area contributed by atoms with Crippen molar-refractivity contribution in [2.45, 2.75) is 33.7 Å². The zero-order chi connectivity index (χ0) is 15.9. The van der Waals surface area contributed by atoms with Gasteiger partial charge in [-0.3, -0.25) is 4.79 Å². The van der Waals surface area contributed by atoms with Crippen LogP contribution in [0, 0.1) is 11.2 Å². The molecule has 0 spiro atoms. The Morgan fingerprint density at radius 2 is 2.00 bits per heavy atom. The molecule has 1 aromatic carbocycles. The number of rotatable bonds is 2. The van der Waals surface area contributed by atoms with Crippen LogP contribution < -0.4 is 5.73 Å². The van der Waals surface area contributed by atoms with E-state index in [9.17, 15) is 9.18 Å². The summed E-state index contributed by atoms with van der Waals surface area (Å²) in [6.45, 7) is 8.24. The van der Waals surface area contributed by atoms with Gasteiger partial charge in [0.15, 0.2) is 0 Å². The number of benzene rings is 1. The van der Waals surface area contributed by atoms with Crippen molar-refractivity contribution in [2.75, 3.05) is 12.8 Å². The van der Waals surface area contributed by atoms with Crippen molar-refractivity contribution in [3.63, 3.8) is 0 Å². The van der Waals surface area contributed by atoms with Gasteiger partial charge in [-0.15, -0.1) is 11.3 Å². The van der Waals surface area contributed by atoms with E-state index < -0.39 is 0 Å². The van der Waals surface area contributed by atoms with E-state index in [2.05, 4.69) is 20.8 Å². The first-order chi connectivity index (χ1) is 9.64. The highest BCUT2D eigenvalue weighted by molar-refractivity contribution is 7.21. The molecular formula is C16H21FN2OS. The molecule has 0 aliphatic rings. The lowest BCUT2D eigenvalue weighted by Crippen LogP contribution is -2.42. The van der Waals surface area contributed by atoms with Gasteiger partial charge in [0, 0.05) is 17.8 Å². The summed E-state index contributed by atoms with van der Waals surface area (Å²) in [6.07, 6.45) is 0. The van der Waals surface area contributed by atoms with Crippen molar-refractivity contribution in [3.05, 3.63) is 28.9 Å². The summed E-state index contributed by atoms with van der Waals surface area (Å²) >= 11 is 1.25. The molecule has 2 N–H and O–H groups in total. The molecule has 1 amide bonds. The molecule has 1 unspecified atom stereocenters. The fourth-order valence-corrected chi connectivity index (χ4v) is 3.32. The van der Waals surface area contributed by atoms with E-state index in [0.717, 1.165) is 0 Å². The number of anilines is 1. The van der Waals surface area contributed by atoms with E-state index in [4.69, 9.17) is 5.73 Å². The Kier molecular flexibility index (Phi) is 3.97. The molecule has 0 bridgehead atoms. The Labute approximate surface area is 128 Å². The monoisotopic (exact) mass is 308 g/mol. The van der Waals surface area contributed by atoms with Gasteiger partial charge >= 0.3 is 0 Å². The molecule has 0 radical (unpaired) electrons. The van der Waals surface area contributed by atoms with E-state index in [1.54, 1.807) is 24.1 Å². The summed E-state index contributed by atoms with van der Waals surface area (Å²) in [5.41, 5.74) is 6.21. The average molecular weight is 308 g/mol. The number of fused-ring (bicyclic) bond motifs is 1. The van der Waals surface area contributed by atoms with Crippen molar-refractivity contribution in [3.8, 4) is 0 Å². The van der Waals surface area contributed by atoms with Gasteiger partial charge in [-0.25, -0.2) is 4.39 Å². The van der Waals surface area contributed by atoms with Crippen molar-refractivity contribution in [1.82, 2.24) is 4.90 Å². The predicted octanol–water partition coefficient (Wildman–Crippen LogP) is 4.13. The molecular weight excluding hydrogens is 287 g/mol. The van der Waals surface area contributed by atoms with Crippen LogP contribution in [0.2, 0.25) is 0 Å². The first kappa shape index (κ1) is 15.8. The van der Waals surface area contributed by atoms with Crippen LogP contribution in [-0.2, 0) is 0 Å². The lowest BCUT2D eigenvalue weighted by molar-refractivity contribution is 0.0635. The van der Waals surface area contributed by atoms with Crippen LogP contribution in [0.3, 0.4) is 0 Å². The highest BCUT2D eigenvalue weighted by Crippen LogP contribution is 2.36. The summed E-state index contributed by atoms with van der Waals surface area (Å²) in [4.78, 5) is 14.8. The number of nitrogen functional groups attached to an aromatic ring is 1. The zero-order valence-electron chi connectivity index (χ0n) is 13.0. The molecule has 114 valence electrons. The summed E-state index contributed by atoms with van der Waals surface area (Å²) in [7, 11) is 1.76. The third-order valence-electron chi connectivity index (χ3n) is 4.05. The van der Waals surface area contributed by atoms with Gasteiger partial charge in [-0.05, 0) is 24.5 Å². The third-order valence-corrected chi connectivity index (χ3v) is 5.21. The highest BCUT2D eigenvalue weighted by atomic mass is 32.1. The second-order valence-corrected chi connectivity index (χ2v) is 7.47. The number of thiophene rings is 1. The Morgan fingerprint density at radius 1 is 1.38 bits per heavy atom. The van der Waals surface area contributed by atoms with Crippen LogP contribution in [-0.4, -0.2) is 23.9 Å². The minimum absolute atomic E-state index is 0.0406. The normalized spacial score (nSPS) is 13.4. The van der Waals surface area contributed by atoms with Crippen LogP contribution in [0.4, 0.5) is 10.1 Å². The first-order valence-corrected chi connectivity index (χ1v) is 7.70. The number of nitrogens with zero attached hydrogens (tertiary/aromatic N) is 1. The minimum Gasteiger partial charge on any atom is -0.397 e. The van der Waals surface area contributed by atoms with Crippen molar-refractivity contribution >= 4 is 33.0 Å². The zero-order valence-corrected chi connectivity index (χ0v) is 13.8. The fourth-order valence-electron chi connectivity index (χ4n) is 2.21. The number of carbonyl (C=O) groups excluding carboxylic acids is 1. The summed E-state index contributed by atoms with van der Waals surface area (Å²) in [5.74, 6) is -0.539. The number of carbonyl (C=O) groups is 1. The molecule has 0 aliphatic carbocycles. The third kappa shape index (κ3) is 2.75. The maximum Gasteiger partial charge on any atom is 0.266 e. The Balaban J connectivity index is 2.45. The highest BCUT2D eigenvalue weighted by Gasteiger charge is 2.30. The van der Waals surface area contributed by atoms with E-state index in [1.807, 2.05) is 6.92 Å². The lowest BCUT2D eigenvalue weighted by Gasteiger charge is -2.35. The van der Waals surface area contributed by atoms with E-state index in [0.29, 0.717) is 15.0 Å². The molecule has 2 aromatic rings. The maximum atomic E-state index is 13.9. The Bertz CT molecular complexity index is 687. The van der Waals surface area contributed by atoms with Gasteiger partial charge < -0.3 is 10.6 Å². The minimum atomic E-state index is -0.383. The largest absolute Gasteiger partial charge is 0.397 e. The molecule has 0 aliphatic heterocycles. The smallest absolute Gasteiger partial charge is 0.266 e. The number of hydrogen-bond donors (Lipinski definition) is 1. The molecule has 1 atom stereocenters. The van der Waals surface area contributed by atoms with Crippen molar-refractivity contribution in [1.29, 1.82) is 0 Å². The van der Waals surface area contributed by atoms with Crippen LogP contribution in [0.25, 0.3) is 10.1 Å². The van der Waals surface area contributed by atoms with E-state index in [1.165, 1.54) is 17.4 Å². The first-order valence-electron chi connectivity index (χ1n) is 6.88. The Morgan fingerprint density at radius 3 is 2.52 bits per heavy atom. The molecule has 2 rings (SSSR count). The summed E-state index contributed by atoms with van der Waals surface area (Å²) in [6, 6.07) is 4.81. The maximum absolute atomic E-state index is 13.9. The van der Waals surface area contributed by atoms with Crippen LogP contribution in [0.1, 0.15) is 37.4 Å². The fraction of sp³-hybridized carbons (Fsp3) is 0.438. The molecule has 1 aromatic heterocycles. The number of nitrogens with two attached hydrogens (primary N) is 1. The number of halogens is 1. The van der Waals surface area contributed by atoms with Crippen LogP contribution >= 0.6 is 11.3 Å². The SMILES string of the molecule is CC(N(C)C(=O)c1sc2cccc(F)c2c1N)C(C)(C)C. The van der Waals surface area contributed by atoms with Gasteiger partial charge in [0.05, 0.1) is 11.1 Å². The standard InChI is InChI=1S/C16H21FN2OS/c1-9(16(2,3)4)19(5)15(20)14-13(18)12-10(17)7-6-8-11(12)21-14/h6-9H,18H2,1-5H3. The van der Waals surface area contributed by atoms with Crippen molar-refractivity contribution in [2.24, 2.45) is 5.41 Å². The average Bonchev–Trinajstić information content (AvgIpc) is 2.74. The molecule has 0 fully saturated rings. The van der Waals surface area contributed by atoms with Gasteiger partial charge in [-0.1, -0.05) is 26.8 Å². The molecule has 5 heteroatoms. The molecule has 21 heavy (non-hydrogen) atoms. The summed E-state index contributed by atoms with van der Waals surface area (Å²) < 4.78 is 14.6. The van der Waals surface area contributed by atoms with Crippen LogP contribution in [0.5, 0.6) is 0 Å². The second kappa shape index (κ2) is 5.30. The molecule has 0 saturated heterocycles. The molecule has 1 heterocycles. The van der Waals surface area contributed by atoms with Crippen molar-refractivity contribution < 1.29 is 9.18 Å². The topological polar surface area (TPSA) is 46.3 Å². The predicted molar refractivity (Wildman–Crippen MR) is 87.2 cm³/mol. The lowest BCUT2D eigenvalue weighted by atomic mass is 9.87. The quantitative estimate of drug-likeness (QED) is 0.906. The van der Waals surface area contributed by atoms with Gasteiger partial charge in [-0.2, -0.15) is 0 Å². The van der Waals surface area contributed by atoms with Gasteiger partial charge in [0.1, 0.15) is 10.7 Å².